The van der Waals surface area contributed by atoms with E-state index >= 15 is 0 Å². The number of Topliss-reactive ketones (excluding diaryl/α,β-unsaturated/α-hetero) is 1. The minimum Gasteiger partial charge on any atom is -0.387 e. The van der Waals surface area contributed by atoms with E-state index in [1.165, 1.54) is 6.07 Å². The van der Waals surface area contributed by atoms with Gasteiger partial charge in [0, 0.05) is 34.6 Å². The first kappa shape index (κ1) is 23.3. The summed E-state index contributed by atoms with van der Waals surface area (Å²) in [4.78, 5) is 43.1. The zero-order valence-electron chi connectivity index (χ0n) is 19.5. The Labute approximate surface area is 209 Å². The van der Waals surface area contributed by atoms with Crippen LogP contribution in [0.1, 0.15) is 60.0 Å². The van der Waals surface area contributed by atoms with E-state index in [-0.39, 0.29) is 42.2 Å². The average Bonchev–Trinajstić information content (AvgIpc) is 3.24. The van der Waals surface area contributed by atoms with Crippen LogP contribution in [0, 0.1) is 5.82 Å². The predicted molar refractivity (Wildman–Crippen MR) is 129 cm³/mol. The van der Waals surface area contributed by atoms with E-state index in [2.05, 4.69) is 5.32 Å². The number of aliphatic hydroxyl groups excluding tert-OH is 1. The predicted octanol–water partition coefficient (Wildman–Crippen LogP) is 2.43. The van der Waals surface area contributed by atoms with Crippen molar-refractivity contribution in [3.05, 3.63) is 61.1 Å². The summed E-state index contributed by atoms with van der Waals surface area (Å²) < 4.78 is 16.3. The molecule has 0 saturated heterocycles. The third-order valence-electron chi connectivity index (χ3n) is 7.90. The van der Waals surface area contributed by atoms with Gasteiger partial charge in [-0.05, 0) is 42.9 Å². The maximum Gasteiger partial charge on any atom is 0.254 e. The van der Waals surface area contributed by atoms with Gasteiger partial charge in [-0.1, -0.05) is 18.5 Å². The van der Waals surface area contributed by atoms with Gasteiger partial charge < -0.3 is 20.1 Å². The van der Waals surface area contributed by atoms with Crippen molar-refractivity contribution in [3.63, 3.8) is 0 Å². The number of benzene rings is 1. The highest BCUT2D eigenvalue weighted by molar-refractivity contribution is 6.32. The SMILES string of the molecule is CC[C@@]1(O)C(=O)CCc2c1cc1n(c2=O)Cc2c-1nc1cc(F)c(Cl)c3c1c2[C@@H](NC(=O)CO)CC3. The Bertz CT molecular complexity index is 1580. The number of fused-ring (bicyclic) bond motifs is 5. The van der Waals surface area contributed by atoms with E-state index in [9.17, 15) is 29.0 Å². The highest BCUT2D eigenvalue weighted by atomic mass is 35.5. The van der Waals surface area contributed by atoms with Gasteiger partial charge in [0.1, 0.15) is 18.0 Å². The molecule has 0 saturated carbocycles. The van der Waals surface area contributed by atoms with E-state index < -0.39 is 30.0 Å². The van der Waals surface area contributed by atoms with Crippen LogP contribution in [0.2, 0.25) is 5.02 Å². The van der Waals surface area contributed by atoms with E-state index in [0.717, 1.165) is 0 Å². The van der Waals surface area contributed by atoms with E-state index in [0.29, 0.717) is 62.9 Å². The molecule has 36 heavy (non-hydrogen) atoms. The van der Waals surface area contributed by atoms with Gasteiger partial charge in [-0.2, -0.15) is 0 Å². The van der Waals surface area contributed by atoms with Gasteiger partial charge in [0.05, 0.1) is 34.5 Å². The Kier molecular flexibility index (Phi) is 5.13. The van der Waals surface area contributed by atoms with Gasteiger partial charge in [-0.3, -0.25) is 14.4 Å². The van der Waals surface area contributed by atoms with Crippen molar-refractivity contribution in [1.29, 1.82) is 0 Å². The summed E-state index contributed by atoms with van der Waals surface area (Å²) in [5.41, 5.74) is 1.86. The van der Waals surface area contributed by atoms with Crippen LogP contribution >= 0.6 is 11.6 Å². The number of hydrogen-bond donors (Lipinski definition) is 3. The van der Waals surface area contributed by atoms with Crippen LogP contribution in [-0.4, -0.2) is 38.1 Å². The molecule has 1 aliphatic heterocycles. The second-order valence-corrected chi connectivity index (χ2v) is 10.0. The second kappa shape index (κ2) is 7.93. The first-order valence-electron chi connectivity index (χ1n) is 12.0. The summed E-state index contributed by atoms with van der Waals surface area (Å²) in [7, 11) is 0. The maximum absolute atomic E-state index is 14.7. The van der Waals surface area contributed by atoms with Crippen LogP contribution in [0.15, 0.2) is 16.9 Å². The number of aryl methyl sites for hydroxylation is 1. The van der Waals surface area contributed by atoms with Crippen molar-refractivity contribution in [1.82, 2.24) is 14.9 Å². The topological polar surface area (TPSA) is 122 Å². The molecule has 3 aromatic rings. The number of aromatic nitrogens is 2. The first-order chi connectivity index (χ1) is 17.2. The molecule has 0 bridgehead atoms. The van der Waals surface area contributed by atoms with Crippen LogP contribution in [0.25, 0.3) is 22.3 Å². The van der Waals surface area contributed by atoms with Crippen molar-refractivity contribution in [2.45, 2.75) is 57.2 Å². The molecule has 0 spiro atoms. The van der Waals surface area contributed by atoms with Crippen LogP contribution in [0.3, 0.4) is 0 Å². The molecule has 1 aromatic carbocycles. The molecule has 0 radical (unpaired) electrons. The number of carbonyl (C=O) groups excluding carboxylic acids is 2. The zero-order valence-corrected chi connectivity index (χ0v) is 20.2. The van der Waals surface area contributed by atoms with Crippen molar-refractivity contribution >= 4 is 34.2 Å². The Morgan fingerprint density at radius 1 is 1.25 bits per heavy atom. The normalized spacial score (nSPS) is 21.8. The number of pyridine rings is 2. The standard InChI is InChI=1S/C26H23ClFN3O5/c1-2-26(36)14-7-18-24-13(9-31(18)25(35)11(14)4-6-19(26)33)22-16(29-20(34)10-32)5-3-12-21(22)17(30-24)8-15(28)23(12)27/h7-8,16,32,36H,2-6,9-10H2,1H3,(H,29,34)/t16-,26-/m0/s1. The smallest absolute Gasteiger partial charge is 0.254 e. The second-order valence-electron chi connectivity index (χ2n) is 9.66. The Morgan fingerprint density at radius 2 is 2.03 bits per heavy atom. The van der Waals surface area contributed by atoms with Crippen LogP contribution in [-0.2, 0) is 34.6 Å². The molecule has 2 aromatic heterocycles. The molecule has 6 rings (SSSR count). The summed E-state index contributed by atoms with van der Waals surface area (Å²) in [5, 5.41) is 24.0. The Balaban J connectivity index is 1.66. The lowest BCUT2D eigenvalue weighted by atomic mass is 9.77. The van der Waals surface area contributed by atoms with Gasteiger partial charge in [0.2, 0.25) is 5.91 Å². The van der Waals surface area contributed by atoms with Crippen molar-refractivity contribution in [2.24, 2.45) is 0 Å². The third-order valence-corrected chi connectivity index (χ3v) is 8.31. The van der Waals surface area contributed by atoms with Crippen molar-refractivity contribution in [3.8, 4) is 11.4 Å². The number of aliphatic hydroxyl groups is 2. The van der Waals surface area contributed by atoms with Crippen LogP contribution in [0.5, 0.6) is 0 Å². The van der Waals surface area contributed by atoms with Gasteiger partial charge >= 0.3 is 0 Å². The fraction of sp³-hybridized carbons (Fsp3) is 0.385. The zero-order chi connectivity index (χ0) is 25.5. The molecule has 3 aliphatic rings. The average molecular weight is 512 g/mol. The molecule has 8 nitrogen and oxygen atoms in total. The number of nitrogens with zero attached hydrogens (tertiary/aromatic N) is 2. The molecular formula is C26H23ClFN3O5. The lowest BCUT2D eigenvalue weighted by Gasteiger charge is -2.32. The highest BCUT2D eigenvalue weighted by Crippen LogP contribution is 2.46. The first-order valence-corrected chi connectivity index (χ1v) is 12.3. The molecule has 0 unspecified atom stereocenters. The van der Waals surface area contributed by atoms with Gasteiger partial charge in [-0.25, -0.2) is 9.37 Å². The number of ketones is 1. The Hall–Kier alpha value is -3.14. The number of nitrogens with one attached hydrogen (secondary N) is 1. The molecule has 3 heterocycles. The number of halogens is 2. The summed E-state index contributed by atoms with van der Waals surface area (Å²) >= 11 is 6.33. The Morgan fingerprint density at radius 3 is 2.75 bits per heavy atom. The molecule has 186 valence electrons. The third kappa shape index (κ3) is 2.99. The molecule has 2 aliphatic carbocycles. The fourth-order valence-electron chi connectivity index (χ4n) is 6.12. The van der Waals surface area contributed by atoms with Crippen LogP contribution in [0.4, 0.5) is 4.39 Å². The van der Waals surface area contributed by atoms with E-state index in [4.69, 9.17) is 16.6 Å². The largest absolute Gasteiger partial charge is 0.387 e. The van der Waals surface area contributed by atoms with Gasteiger partial charge in [0.25, 0.3) is 5.56 Å². The maximum atomic E-state index is 14.7. The number of carbonyl (C=O) groups is 2. The minimum atomic E-state index is -1.75. The summed E-state index contributed by atoms with van der Waals surface area (Å²) in [5.74, 6) is -1.48. The molecule has 2 atom stereocenters. The van der Waals surface area contributed by atoms with Gasteiger partial charge in [-0.15, -0.1) is 0 Å². The summed E-state index contributed by atoms with van der Waals surface area (Å²) in [6, 6.07) is 2.41. The number of rotatable bonds is 3. The lowest BCUT2D eigenvalue weighted by Crippen LogP contribution is -2.43. The van der Waals surface area contributed by atoms with E-state index in [1.54, 1.807) is 17.6 Å². The van der Waals surface area contributed by atoms with Crippen LogP contribution < -0.4 is 10.9 Å². The molecular weight excluding hydrogens is 489 g/mol. The number of hydrogen-bond acceptors (Lipinski definition) is 6. The quantitative estimate of drug-likeness (QED) is 0.388. The minimum absolute atomic E-state index is 0.00657. The molecule has 1 amide bonds. The number of amides is 1. The highest BCUT2D eigenvalue weighted by Gasteiger charge is 2.44. The molecule has 3 N–H and O–H groups in total. The van der Waals surface area contributed by atoms with Gasteiger partial charge in [0.15, 0.2) is 5.78 Å². The lowest BCUT2D eigenvalue weighted by molar-refractivity contribution is -0.140. The van der Waals surface area contributed by atoms with Crippen molar-refractivity contribution in [2.75, 3.05) is 6.61 Å². The summed E-state index contributed by atoms with van der Waals surface area (Å²) in [6.45, 7) is 1.19. The molecule has 0 fully saturated rings. The molecule has 10 heteroatoms. The summed E-state index contributed by atoms with van der Waals surface area (Å²) in [6.07, 6.45) is 1.30. The monoisotopic (exact) mass is 511 g/mol. The van der Waals surface area contributed by atoms with Crippen molar-refractivity contribution < 1.29 is 24.2 Å². The fourth-order valence-corrected chi connectivity index (χ4v) is 6.37. The van der Waals surface area contributed by atoms with E-state index in [1.807, 2.05) is 0 Å².